The highest BCUT2D eigenvalue weighted by Gasteiger charge is 2.34. The van der Waals surface area contributed by atoms with Crippen LogP contribution in [0.1, 0.15) is 45.1 Å². The third-order valence-electron chi connectivity index (χ3n) is 4.38. The van der Waals surface area contributed by atoms with Crippen LogP contribution >= 0.6 is 11.6 Å². The molecule has 1 unspecified atom stereocenters. The van der Waals surface area contributed by atoms with E-state index in [2.05, 4.69) is 19.2 Å². The van der Waals surface area contributed by atoms with E-state index in [9.17, 15) is 4.39 Å². The van der Waals surface area contributed by atoms with E-state index in [4.69, 9.17) is 16.3 Å². The van der Waals surface area contributed by atoms with Gasteiger partial charge >= 0.3 is 0 Å². The average molecular weight is 300 g/mol. The molecular weight excluding hydrogens is 277 g/mol. The molecule has 0 aromatic heterocycles. The maximum atomic E-state index is 13.0. The zero-order valence-electron chi connectivity index (χ0n) is 12.2. The molecule has 1 aliphatic heterocycles. The third-order valence-corrected chi connectivity index (χ3v) is 4.73. The summed E-state index contributed by atoms with van der Waals surface area (Å²) in [6.07, 6.45) is 4.12. The zero-order valence-corrected chi connectivity index (χ0v) is 13.0. The summed E-state index contributed by atoms with van der Waals surface area (Å²) in [5, 5.41) is 4.02. The quantitative estimate of drug-likeness (QED) is 0.875. The molecule has 1 atom stereocenters. The van der Waals surface area contributed by atoms with Gasteiger partial charge in [0.15, 0.2) is 0 Å². The Balaban J connectivity index is 1.93. The van der Waals surface area contributed by atoms with Gasteiger partial charge < -0.3 is 10.1 Å². The molecule has 0 aliphatic carbocycles. The first kappa shape index (κ1) is 15.7. The molecule has 1 saturated heterocycles. The van der Waals surface area contributed by atoms with Gasteiger partial charge in [-0.05, 0) is 43.4 Å². The topological polar surface area (TPSA) is 21.3 Å². The Kier molecular flexibility index (Phi) is 5.42. The Morgan fingerprint density at radius 3 is 2.80 bits per heavy atom. The van der Waals surface area contributed by atoms with Crippen molar-refractivity contribution >= 4 is 11.6 Å². The van der Waals surface area contributed by atoms with Crippen LogP contribution in [0.4, 0.5) is 4.39 Å². The first-order chi connectivity index (χ1) is 9.58. The minimum atomic E-state index is -0.291. The minimum absolute atomic E-state index is 0.0164. The van der Waals surface area contributed by atoms with E-state index in [-0.39, 0.29) is 11.4 Å². The van der Waals surface area contributed by atoms with Crippen molar-refractivity contribution < 1.29 is 9.13 Å². The van der Waals surface area contributed by atoms with Crippen molar-refractivity contribution in [3.63, 3.8) is 0 Å². The largest absolute Gasteiger partial charge is 0.375 e. The molecule has 0 spiro atoms. The Labute approximate surface area is 125 Å². The van der Waals surface area contributed by atoms with Crippen molar-refractivity contribution in [3.8, 4) is 0 Å². The molecule has 0 amide bonds. The van der Waals surface area contributed by atoms with Crippen LogP contribution < -0.4 is 5.32 Å². The van der Waals surface area contributed by atoms with Crippen LogP contribution in [0.25, 0.3) is 0 Å². The highest BCUT2D eigenvalue weighted by Crippen LogP contribution is 2.31. The van der Waals surface area contributed by atoms with Crippen molar-refractivity contribution in [1.29, 1.82) is 0 Å². The molecule has 2 rings (SSSR count). The predicted molar refractivity (Wildman–Crippen MR) is 80.5 cm³/mol. The number of rotatable bonds is 5. The molecule has 1 aliphatic rings. The van der Waals surface area contributed by atoms with Crippen molar-refractivity contribution in [3.05, 3.63) is 34.6 Å². The summed E-state index contributed by atoms with van der Waals surface area (Å²) in [5.74, 6) is -0.291. The molecule has 1 heterocycles. The fourth-order valence-corrected chi connectivity index (χ4v) is 3.10. The summed E-state index contributed by atoms with van der Waals surface area (Å²) in [7, 11) is 0. The lowest BCUT2D eigenvalue weighted by atomic mass is 9.86. The average Bonchev–Trinajstić information content (AvgIpc) is 2.46. The van der Waals surface area contributed by atoms with E-state index in [1.165, 1.54) is 12.1 Å². The van der Waals surface area contributed by atoms with Gasteiger partial charge in [-0.25, -0.2) is 4.39 Å². The summed E-state index contributed by atoms with van der Waals surface area (Å²) < 4.78 is 19.0. The molecule has 4 heteroatoms. The van der Waals surface area contributed by atoms with Crippen LogP contribution in [0.15, 0.2) is 18.2 Å². The van der Waals surface area contributed by atoms with Gasteiger partial charge in [-0.15, -0.1) is 0 Å². The number of hydrogen-bond donors (Lipinski definition) is 1. The molecular formula is C16H23ClFNO. The smallest absolute Gasteiger partial charge is 0.124 e. The van der Waals surface area contributed by atoms with Gasteiger partial charge in [-0.1, -0.05) is 31.5 Å². The fourth-order valence-electron chi connectivity index (χ4n) is 2.86. The van der Waals surface area contributed by atoms with Crippen molar-refractivity contribution in [2.45, 2.75) is 57.7 Å². The molecule has 20 heavy (non-hydrogen) atoms. The number of benzene rings is 1. The number of halogens is 2. The van der Waals surface area contributed by atoms with E-state index in [0.717, 1.165) is 37.9 Å². The molecule has 1 aromatic carbocycles. The SMILES string of the molecule is CCC1(CC)CC(NCc2ccc(F)cc2Cl)CCO1. The van der Waals surface area contributed by atoms with E-state index < -0.39 is 0 Å². The predicted octanol–water partition coefficient (Wildman–Crippen LogP) is 4.31. The highest BCUT2D eigenvalue weighted by molar-refractivity contribution is 6.31. The van der Waals surface area contributed by atoms with E-state index >= 15 is 0 Å². The third kappa shape index (κ3) is 3.72. The Bertz CT molecular complexity index is 448. The second-order valence-electron chi connectivity index (χ2n) is 5.54. The van der Waals surface area contributed by atoms with E-state index in [1.807, 2.05) is 0 Å². The molecule has 1 aromatic rings. The normalized spacial score (nSPS) is 21.9. The van der Waals surface area contributed by atoms with Crippen LogP contribution in [0.5, 0.6) is 0 Å². The van der Waals surface area contributed by atoms with E-state index in [0.29, 0.717) is 17.6 Å². The Hall–Kier alpha value is -0.640. The lowest BCUT2D eigenvalue weighted by molar-refractivity contribution is -0.0932. The maximum Gasteiger partial charge on any atom is 0.124 e. The molecule has 0 saturated carbocycles. The first-order valence-electron chi connectivity index (χ1n) is 7.40. The van der Waals surface area contributed by atoms with Gasteiger partial charge in [0.05, 0.1) is 5.60 Å². The van der Waals surface area contributed by atoms with Crippen LogP contribution in [-0.4, -0.2) is 18.2 Å². The van der Waals surface area contributed by atoms with Crippen LogP contribution in [0.2, 0.25) is 5.02 Å². The number of nitrogens with one attached hydrogen (secondary N) is 1. The summed E-state index contributed by atoms with van der Waals surface area (Å²) in [5.41, 5.74) is 0.959. The van der Waals surface area contributed by atoms with E-state index in [1.54, 1.807) is 6.07 Å². The van der Waals surface area contributed by atoms with Crippen molar-refractivity contribution in [2.75, 3.05) is 6.61 Å². The fraction of sp³-hybridized carbons (Fsp3) is 0.625. The molecule has 1 N–H and O–H groups in total. The second-order valence-corrected chi connectivity index (χ2v) is 5.95. The molecule has 2 nitrogen and oxygen atoms in total. The van der Waals surface area contributed by atoms with Gasteiger partial charge in [0.1, 0.15) is 5.82 Å². The molecule has 1 fully saturated rings. The number of hydrogen-bond acceptors (Lipinski definition) is 2. The van der Waals surface area contributed by atoms with Gasteiger partial charge in [0.25, 0.3) is 0 Å². The lowest BCUT2D eigenvalue weighted by Gasteiger charge is -2.40. The van der Waals surface area contributed by atoms with Crippen molar-refractivity contribution in [1.82, 2.24) is 5.32 Å². The summed E-state index contributed by atoms with van der Waals surface area (Å²) in [6.45, 7) is 5.84. The highest BCUT2D eigenvalue weighted by atomic mass is 35.5. The van der Waals surface area contributed by atoms with Gasteiger partial charge in [-0.2, -0.15) is 0 Å². The summed E-state index contributed by atoms with van der Waals surface area (Å²) in [6, 6.07) is 5.00. The first-order valence-corrected chi connectivity index (χ1v) is 7.77. The Morgan fingerprint density at radius 2 is 2.15 bits per heavy atom. The molecule has 112 valence electrons. The second kappa shape index (κ2) is 6.88. The van der Waals surface area contributed by atoms with Crippen molar-refractivity contribution in [2.24, 2.45) is 0 Å². The van der Waals surface area contributed by atoms with Crippen LogP contribution in [-0.2, 0) is 11.3 Å². The maximum absolute atomic E-state index is 13.0. The standard InChI is InChI=1S/C16H23ClFNO/c1-3-16(4-2)10-14(7-8-20-16)19-11-12-5-6-13(18)9-15(12)17/h5-6,9,14,19H,3-4,7-8,10-11H2,1-2H3. The monoisotopic (exact) mass is 299 g/mol. The van der Waals surface area contributed by atoms with Gasteiger partial charge in [0.2, 0.25) is 0 Å². The lowest BCUT2D eigenvalue weighted by Crippen LogP contribution is -2.46. The van der Waals surface area contributed by atoms with Gasteiger partial charge in [-0.3, -0.25) is 0 Å². The summed E-state index contributed by atoms with van der Waals surface area (Å²) >= 11 is 6.05. The van der Waals surface area contributed by atoms with Crippen LogP contribution in [0.3, 0.4) is 0 Å². The molecule has 0 bridgehead atoms. The minimum Gasteiger partial charge on any atom is -0.375 e. The summed E-state index contributed by atoms with van der Waals surface area (Å²) in [4.78, 5) is 0. The van der Waals surface area contributed by atoms with Crippen LogP contribution in [0, 0.1) is 5.82 Å². The Morgan fingerprint density at radius 1 is 1.40 bits per heavy atom. The van der Waals surface area contributed by atoms with Gasteiger partial charge in [0, 0.05) is 24.2 Å². The number of ether oxygens (including phenoxy) is 1. The molecule has 0 radical (unpaired) electrons. The zero-order chi connectivity index (χ0) is 14.6.